The Morgan fingerprint density at radius 2 is 1.12 bits per heavy atom. The first-order valence-electron chi connectivity index (χ1n) is 13.6. The average Bonchev–Trinajstić information content (AvgIpc) is 2.97. The lowest BCUT2D eigenvalue weighted by atomic mass is 10.1. The normalized spacial score (nSPS) is 10.6. The lowest BCUT2D eigenvalue weighted by molar-refractivity contribution is 0.468. The average molecular weight is 569 g/mol. The summed E-state index contributed by atoms with van der Waals surface area (Å²) in [4.78, 5) is 72.4. The minimum atomic E-state index is -0.631. The first kappa shape index (κ1) is 32.7. The van der Waals surface area contributed by atoms with E-state index in [9.17, 15) is 28.8 Å². The van der Waals surface area contributed by atoms with Gasteiger partial charge in [0.25, 0.3) is 0 Å². The van der Waals surface area contributed by atoms with Crippen molar-refractivity contribution in [1.82, 2.24) is 27.4 Å². The largest absolute Gasteiger partial charge is 0.336 e. The fraction of sp³-hybridized carbons (Fsp3) is 0.448. The summed E-state index contributed by atoms with van der Waals surface area (Å²) in [6.45, 7) is 11.8. The van der Waals surface area contributed by atoms with Gasteiger partial charge in [0.15, 0.2) is 0 Å². The minimum absolute atomic E-state index is 0.0702. The number of rotatable bonds is 12. The number of hydrogen-bond acceptors (Lipinski definition) is 6. The number of benzene rings is 1. The second-order valence-electron chi connectivity index (χ2n) is 9.58. The minimum Gasteiger partial charge on any atom is -0.248 e. The van der Waals surface area contributed by atoms with Gasteiger partial charge in [0.2, 0.25) is 0 Å². The Hall–Kier alpha value is -4.48. The molecule has 0 saturated carbocycles. The Kier molecular flexibility index (Phi) is 12.2. The van der Waals surface area contributed by atoms with Crippen LogP contribution in [0.3, 0.4) is 0 Å². The van der Waals surface area contributed by atoms with Crippen molar-refractivity contribution in [2.24, 2.45) is 14.1 Å². The van der Waals surface area contributed by atoms with Gasteiger partial charge in [0.1, 0.15) is 0 Å². The van der Waals surface area contributed by atoms with Crippen molar-refractivity contribution >= 4 is 0 Å². The molecule has 2 heterocycles. The third-order valence-electron chi connectivity index (χ3n) is 6.59. The van der Waals surface area contributed by atoms with Crippen molar-refractivity contribution in [1.29, 1.82) is 0 Å². The quantitative estimate of drug-likeness (QED) is 0.236. The number of aromatic nitrogens is 6. The molecule has 12 nitrogen and oxygen atoms in total. The molecule has 0 fully saturated rings. The first-order valence-corrected chi connectivity index (χ1v) is 13.6. The van der Waals surface area contributed by atoms with E-state index in [2.05, 4.69) is 20.1 Å². The highest BCUT2D eigenvalue weighted by Gasteiger charge is 2.13. The van der Waals surface area contributed by atoms with Crippen molar-refractivity contribution in [2.75, 3.05) is 0 Å². The molecule has 0 saturated heterocycles. The molecule has 0 N–H and O–H groups in total. The van der Waals surface area contributed by atoms with Crippen LogP contribution in [-0.2, 0) is 46.7 Å². The fourth-order valence-electron chi connectivity index (χ4n) is 4.23. The number of hydrogen-bond donors (Lipinski definition) is 0. The number of aryl methyl sites for hydroxylation is 1. The molecule has 12 heteroatoms. The molecule has 0 radical (unpaired) electrons. The highest BCUT2D eigenvalue weighted by Crippen LogP contribution is 2.06. The van der Waals surface area contributed by atoms with Gasteiger partial charge in [-0.3, -0.25) is 0 Å². The summed E-state index contributed by atoms with van der Waals surface area (Å²) in [5, 5.41) is 0. The van der Waals surface area contributed by atoms with Gasteiger partial charge in [-0.15, -0.1) is 13.2 Å². The molecule has 0 atom stereocenters. The smallest absolute Gasteiger partial charge is 0.248 e. The van der Waals surface area contributed by atoms with Gasteiger partial charge in [0, 0.05) is 20.6 Å². The van der Waals surface area contributed by atoms with E-state index in [1.807, 2.05) is 31.2 Å². The van der Waals surface area contributed by atoms with Crippen molar-refractivity contribution in [3.05, 3.63) is 124 Å². The Labute approximate surface area is 237 Å². The van der Waals surface area contributed by atoms with E-state index >= 15 is 0 Å². The maximum Gasteiger partial charge on any atom is 0.336 e. The Morgan fingerprint density at radius 1 is 0.634 bits per heavy atom. The summed E-state index contributed by atoms with van der Waals surface area (Å²) in [5.41, 5.74) is -1.58. The number of nitrogens with zero attached hydrogens (tertiary/aromatic N) is 6. The zero-order chi connectivity index (χ0) is 30.7. The van der Waals surface area contributed by atoms with Gasteiger partial charge >= 0.3 is 34.1 Å². The highest BCUT2D eigenvalue weighted by molar-refractivity contribution is 5.23. The second-order valence-corrected chi connectivity index (χ2v) is 9.58. The third-order valence-corrected chi connectivity index (χ3v) is 6.59. The second kappa shape index (κ2) is 15.3. The number of allylic oxidation sites excluding steroid dienone is 2. The summed E-state index contributed by atoms with van der Waals surface area (Å²) in [7, 11) is 2.74. The van der Waals surface area contributed by atoms with E-state index in [1.165, 1.54) is 26.2 Å². The predicted molar refractivity (Wildman–Crippen MR) is 160 cm³/mol. The van der Waals surface area contributed by atoms with Crippen LogP contribution in [-0.4, -0.2) is 27.4 Å². The molecule has 0 aliphatic heterocycles. The van der Waals surface area contributed by atoms with Crippen LogP contribution in [0, 0.1) is 0 Å². The van der Waals surface area contributed by atoms with Gasteiger partial charge in [-0.05, 0) is 24.0 Å². The van der Waals surface area contributed by atoms with Gasteiger partial charge in [-0.25, -0.2) is 56.2 Å². The van der Waals surface area contributed by atoms with E-state index < -0.39 is 34.1 Å². The lowest BCUT2D eigenvalue weighted by Crippen LogP contribution is -2.53. The van der Waals surface area contributed by atoms with E-state index in [-0.39, 0.29) is 19.6 Å². The van der Waals surface area contributed by atoms with Crippen molar-refractivity contribution in [3.8, 4) is 0 Å². The van der Waals surface area contributed by atoms with Crippen LogP contribution in [0.1, 0.15) is 50.7 Å². The molecule has 41 heavy (non-hydrogen) atoms. The summed E-state index contributed by atoms with van der Waals surface area (Å²) < 4.78 is 6.12. The van der Waals surface area contributed by atoms with E-state index in [0.29, 0.717) is 6.54 Å². The molecule has 2 aromatic heterocycles. The standard InChI is InChI=1S/C16H19N3O3.C13H21N3O3/c1-4-9-18-14(20)17(3)15(21)19(16(18)22)11-13-8-6-7-12(5-2)10-13;1-4-6-7-8-10-16-12(18)14(3)11(17)15(9-5-2)13(16)19/h4,6-8,10H,1,5,9,11H2,2-3H3;5H,2,4,6-10H2,1,3H3. The van der Waals surface area contributed by atoms with Gasteiger partial charge < -0.3 is 0 Å². The van der Waals surface area contributed by atoms with Gasteiger partial charge in [-0.2, -0.15) is 0 Å². The highest BCUT2D eigenvalue weighted by atomic mass is 16.2. The molecule has 0 aliphatic carbocycles. The molecule has 3 rings (SSSR count). The van der Waals surface area contributed by atoms with Gasteiger partial charge in [0.05, 0.1) is 19.6 Å². The molecular formula is C29H40N6O6. The molecule has 3 aromatic rings. The Bertz CT molecular complexity index is 1730. The molecule has 222 valence electrons. The Morgan fingerprint density at radius 3 is 1.63 bits per heavy atom. The van der Waals surface area contributed by atoms with Crippen LogP contribution < -0.4 is 34.1 Å². The summed E-state index contributed by atoms with van der Waals surface area (Å²) in [6, 6.07) is 7.69. The van der Waals surface area contributed by atoms with E-state index in [1.54, 1.807) is 0 Å². The van der Waals surface area contributed by atoms with Crippen molar-refractivity contribution < 1.29 is 0 Å². The molecular weight excluding hydrogens is 528 g/mol. The predicted octanol–water partition coefficient (Wildman–Crippen LogP) is 0.980. The molecule has 0 bridgehead atoms. The van der Waals surface area contributed by atoms with Crippen LogP contribution in [0.2, 0.25) is 0 Å². The third kappa shape index (κ3) is 7.80. The zero-order valence-electron chi connectivity index (χ0n) is 24.4. The van der Waals surface area contributed by atoms with Crippen molar-refractivity contribution in [2.45, 2.75) is 72.1 Å². The maximum atomic E-state index is 12.4. The van der Waals surface area contributed by atoms with Gasteiger partial charge in [-0.1, -0.05) is 69.5 Å². The molecule has 1 aromatic carbocycles. The monoisotopic (exact) mass is 568 g/mol. The van der Waals surface area contributed by atoms with Crippen molar-refractivity contribution in [3.63, 3.8) is 0 Å². The maximum absolute atomic E-state index is 12.4. The topological polar surface area (TPSA) is 132 Å². The summed E-state index contributed by atoms with van der Waals surface area (Å²) in [6.07, 6.45) is 7.67. The van der Waals surface area contributed by atoms with Crippen LogP contribution >= 0.6 is 0 Å². The van der Waals surface area contributed by atoms with E-state index in [4.69, 9.17) is 0 Å². The molecule has 0 spiro atoms. The first-order chi connectivity index (χ1) is 19.5. The SMILES string of the molecule is C=CCn1c(=O)n(C)c(=O)n(CCCCCC)c1=O.C=CCn1c(=O)n(C)c(=O)n(Cc2cccc(CC)c2)c1=O. The zero-order valence-corrected chi connectivity index (χ0v) is 24.4. The van der Waals surface area contributed by atoms with Crippen LogP contribution in [0.15, 0.2) is 78.3 Å². The lowest BCUT2D eigenvalue weighted by Gasteiger charge is -2.11. The van der Waals surface area contributed by atoms with Crippen LogP contribution in [0.5, 0.6) is 0 Å². The molecule has 0 amide bonds. The molecule has 0 aliphatic rings. The van der Waals surface area contributed by atoms with Crippen LogP contribution in [0.25, 0.3) is 0 Å². The fourth-order valence-corrected chi connectivity index (χ4v) is 4.23. The summed E-state index contributed by atoms with van der Waals surface area (Å²) in [5.74, 6) is 0. The van der Waals surface area contributed by atoms with Crippen LogP contribution in [0.4, 0.5) is 0 Å². The Balaban J connectivity index is 0.000000290. The summed E-state index contributed by atoms with van der Waals surface area (Å²) >= 11 is 0. The number of unbranched alkanes of at least 4 members (excludes halogenated alkanes) is 3. The van der Waals surface area contributed by atoms with E-state index in [0.717, 1.165) is 70.6 Å². The molecule has 0 unspecified atom stereocenters.